The molecule has 0 atom stereocenters. The van der Waals surface area contributed by atoms with Gasteiger partial charge in [0.2, 0.25) is 0 Å². The third-order valence-corrected chi connectivity index (χ3v) is 2.26. The summed E-state index contributed by atoms with van der Waals surface area (Å²) in [5.41, 5.74) is 2.30. The van der Waals surface area contributed by atoms with Gasteiger partial charge in [-0.1, -0.05) is 12.7 Å². The molecule has 0 bridgehead atoms. The second-order valence-corrected chi connectivity index (χ2v) is 3.33. The van der Waals surface area contributed by atoms with Crippen LogP contribution in [0.5, 0.6) is 0 Å². The molecule has 2 nitrogen and oxygen atoms in total. The molecule has 0 amide bonds. The molecule has 0 saturated heterocycles. The number of hydrogen-bond acceptors (Lipinski definition) is 2. The van der Waals surface area contributed by atoms with Gasteiger partial charge in [-0.25, -0.2) is 0 Å². The van der Waals surface area contributed by atoms with Crippen LogP contribution in [0.15, 0.2) is 28.9 Å². The van der Waals surface area contributed by atoms with E-state index < -0.39 is 0 Å². The second kappa shape index (κ2) is 3.68. The van der Waals surface area contributed by atoms with Crippen molar-refractivity contribution in [3.63, 3.8) is 0 Å². The highest BCUT2D eigenvalue weighted by Crippen LogP contribution is 2.20. The van der Waals surface area contributed by atoms with Crippen LogP contribution in [-0.4, -0.2) is 30.7 Å². The lowest BCUT2D eigenvalue weighted by atomic mass is 10.2. The molecule has 0 aliphatic carbocycles. The van der Waals surface area contributed by atoms with Crippen molar-refractivity contribution in [2.24, 2.45) is 4.99 Å². The topological polar surface area (TPSA) is 15.6 Å². The van der Waals surface area contributed by atoms with E-state index in [1.54, 1.807) is 0 Å². The Kier molecular flexibility index (Phi) is 2.82. The van der Waals surface area contributed by atoms with Crippen molar-refractivity contribution in [3.8, 4) is 0 Å². The number of aliphatic imine (C=N–C) groups is 1. The predicted molar refractivity (Wildman–Crippen MR) is 53.5 cm³/mol. The van der Waals surface area contributed by atoms with Crippen LogP contribution in [0.2, 0.25) is 0 Å². The molecule has 2 heteroatoms. The Labute approximate surface area is 74.3 Å². The van der Waals surface area contributed by atoms with Crippen molar-refractivity contribution < 1.29 is 0 Å². The molecule has 0 aromatic heterocycles. The summed E-state index contributed by atoms with van der Waals surface area (Å²) in [4.78, 5) is 6.34. The second-order valence-electron chi connectivity index (χ2n) is 3.33. The molecule has 0 fully saturated rings. The van der Waals surface area contributed by atoms with Crippen molar-refractivity contribution in [2.75, 3.05) is 13.1 Å². The summed E-state index contributed by atoms with van der Waals surface area (Å²) < 4.78 is 0. The molecule has 66 valence electrons. The fourth-order valence-corrected chi connectivity index (χ4v) is 1.36. The van der Waals surface area contributed by atoms with E-state index in [0.717, 1.165) is 18.8 Å². The normalized spacial score (nSPS) is 18.9. The van der Waals surface area contributed by atoms with E-state index in [1.807, 2.05) is 6.08 Å². The maximum Gasteiger partial charge on any atom is 0.0581 e. The zero-order valence-corrected chi connectivity index (χ0v) is 7.88. The molecule has 0 radical (unpaired) electrons. The van der Waals surface area contributed by atoms with Gasteiger partial charge in [0.05, 0.1) is 5.70 Å². The third-order valence-electron chi connectivity index (χ3n) is 2.26. The van der Waals surface area contributed by atoms with Crippen LogP contribution in [0.1, 0.15) is 13.8 Å². The lowest BCUT2D eigenvalue weighted by Crippen LogP contribution is -2.28. The van der Waals surface area contributed by atoms with E-state index in [-0.39, 0.29) is 0 Å². The van der Waals surface area contributed by atoms with Crippen LogP contribution in [-0.2, 0) is 0 Å². The van der Waals surface area contributed by atoms with Crippen molar-refractivity contribution >= 4 is 6.72 Å². The van der Waals surface area contributed by atoms with E-state index in [2.05, 4.69) is 37.0 Å². The van der Waals surface area contributed by atoms with Gasteiger partial charge < -0.3 is 0 Å². The highest BCUT2D eigenvalue weighted by molar-refractivity contribution is 5.37. The predicted octanol–water partition coefficient (Wildman–Crippen LogP) is 1.85. The third kappa shape index (κ3) is 1.64. The Morgan fingerprint density at radius 3 is 2.50 bits per heavy atom. The molecule has 1 heterocycles. The molecule has 1 aliphatic heterocycles. The van der Waals surface area contributed by atoms with Gasteiger partial charge in [0.1, 0.15) is 0 Å². The molecule has 0 spiro atoms. The van der Waals surface area contributed by atoms with E-state index in [9.17, 15) is 0 Å². The van der Waals surface area contributed by atoms with Gasteiger partial charge in [0.25, 0.3) is 0 Å². The number of nitrogens with zero attached hydrogens (tertiary/aromatic N) is 2. The molecular formula is C10H16N2. The zero-order valence-electron chi connectivity index (χ0n) is 7.88. The zero-order chi connectivity index (χ0) is 9.14. The largest absolute Gasteiger partial charge is 0.291 e. The Morgan fingerprint density at radius 1 is 1.50 bits per heavy atom. The van der Waals surface area contributed by atoms with E-state index in [0.29, 0.717) is 6.04 Å². The van der Waals surface area contributed by atoms with Gasteiger partial charge in [-0.2, -0.15) is 0 Å². The Bertz CT molecular complexity index is 206. The van der Waals surface area contributed by atoms with Crippen LogP contribution in [0, 0.1) is 0 Å². The average molecular weight is 164 g/mol. The Balaban J connectivity index is 2.71. The van der Waals surface area contributed by atoms with Gasteiger partial charge in [0.15, 0.2) is 0 Å². The first kappa shape index (κ1) is 9.20. The fraction of sp³-hybridized carbons (Fsp3) is 0.500. The Hall–Kier alpha value is -0.890. The summed E-state index contributed by atoms with van der Waals surface area (Å²) in [6, 6.07) is 0.569. The van der Waals surface area contributed by atoms with Crippen molar-refractivity contribution in [1.29, 1.82) is 0 Å². The molecule has 0 aromatic carbocycles. The summed E-state index contributed by atoms with van der Waals surface area (Å²) in [6.45, 7) is 13.6. The summed E-state index contributed by atoms with van der Waals surface area (Å²) >= 11 is 0. The first-order chi connectivity index (χ1) is 5.69. The lowest BCUT2D eigenvalue weighted by molar-refractivity contribution is 0.282. The molecule has 0 unspecified atom stereocenters. The van der Waals surface area contributed by atoms with Crippen LogP contribution >= 0.6 is 0 Å². The maximum atomic E-state index is 3.99. The highest BCUT2D eigenvalue weighted by atomic mass is 15.2. The molecule has 1 aliphatic rings. The van der Waals surface area contributed by atoms with Gasteiger partial charge in [0, 0.05) is 19.1 Å². The number of hydrogen-bond donors (Lipinski definition) is 0. The average Bonchev–Trinajstić information content (AvgIpc) is 2.46. The summed E-state index contributed by atoms with van der Waals surface area (Å²) in [5.74, 6) is 0. The lowest BCUT2D eigenvalue weighted by Gasteiger charge is -2.19. The fourth-order valence-electron chi connectivity index (χ4n) is 1.36. The summed E-state index contributed by atoms with van der Waals surface area (Å²) in [6.07, 6.45) is 1.88. The summed E-state index contributed by atoms with van der Waals surface area (Å²) in [5, 5.41) is 0. The van der Waals surface area contributed by atoms with Crippen molar-refractivity contribution in [3.05, 3.63) is 23.9 Å². The quantitative estimate of drug-likeness (QED) is 0.581. The Morgan fingerprint density at radius 2 is 2.17 bits per heavy atom. The van der Waals surface area contributed by atoms with Gasteiger partial charge in [-0.05, 0) is 26.1 Å². The van der Waals surface area contributed by atoms with E-state index in [4.69, 9.17) is 0 Å². The van der Waals surface area contributed by atoms with Crippen LogP contribution in [0.25, 0.3) is 0 Å². The van der Waals surface area contributed by atoms with E-state index in [1.165, 1.54) is 5.57 Å². The monoisotopic (exact) mass is 164 g/mol. The molecule has 12 heavy (non-hydrogen) atoms. The van der Waals surface area contributed by atoms with Gasteiger partial charge in [-0.15, -0.1) is 0 Å². The van der Waals surface area contributed by atoms with Crippen molar-refractivity contribution in [1.82, 2.24) is 4.90 Å². The SMILES string of the molecule is C=CC1=C(N=C)CN(C(C)C)C1. The van der Waals surface area contributed by atoms with Gasteiger partial charge in [-0.3, -0.25) is 9.89 Å². The highest BCUT2D eigenvalue weighted by Gasteiger charge is 2.20. The summed E-state index contributed by atoms with van der Waals surface area (Å²) in [7, 11) is 0. The molecule has 0 aromatic rings. The molecule has 1 rings (SSSR count). The van der Waals surface area contributed by atoms with Crippen molar-refractivity contribution in [2.45, 2.75) is 19.9 Å². The van der Waals surface area contributed by atoms with Crippen LogP contribution < -0.4 is 0 Å². The first-order valence-electron chi connectivity index (χ1n) is 4.24. The van der Waals surface area contributed by atoms with Crippen LogP contribution in [0.3, 0.4) is 0 Å². The van der Waals surface area contributed by atoms with Crippen LogP contribution in [0.4, 0.5) is 0 Å². The molecule has 0 N–H and O–H groups in total. The smallest absolute Gasteiger partial charge is 0.0581 e. The first-order valence-corrected chi connectivity index (χ1v) is 4.24. The minimum atomic E-state index is 0.569. The minimum absolute atomic E-state index is 0.569. The maximum absolute atomic E-state index is 3.99. The molecule has 0 saturated carbocycles. The number of rotatable bonds is 3. The molecular weight excluding hydrogens is 148 g/mol. The van der Waals surface area contributed by atoms with E-state index >= 15 is 0 Å². The standard InChI is InChI=1S/C10H16N2/c1-5-9-6-12(8(2)3)7-10(9)11-4/h5,8H,1,4,6-7H2,2-3H3. The van der Waals surface area contributed by atoms with Gasteiger partial charge >= 0.3 is 0 Å². The minimum Gasteiger partial charge on any atom is -0.291 e.